The van der Waals surface area contributed by atoms with Crippen LogP contribution in [0.4, 0.5) is 0 Å². The Balaban J connectivity index is 2.41. The molecule has 94 valence electrons. The van der Waals surface area contributed by atoms with Crippen molar-refractivity contribution < 1.29 is 0 Å². The van der Waals surface area contributed by atoms with Crippen LogP contribution in [0, 0.1) is 6.92 Å². The molecule has 1 unspecified atom stereocenters. The molecule has 0 aliphatic carbocycles. The van der Waals surface area contributed by atoms with Gasteiger partial charge in [-0.05, 0) is 43.1 Å². The lowest BCUT2D eigenvalue weighted by Gasteiger charge is -2.20. The number of aryl methyl sites for hydroxylation is 2. The summed E-state index contributed by atoms with van der Waals surface area (Å²) in [5, 5.41) is 3.39. The summed E-state index contributed by atoms with van der Waals surface area (Å²) in [4.78, 5) is 4.39. The fourth-order valence-electron chi connectivity index (χ4n) is 2.29. The first-order chi connectivity index (χ1) is 8.76. The van der Waals surface area contributed by atoms with E-state index < -0.39 is 0 Å². The minimum atomic E-state index is 0.217. The summed E-state index contributed by atoms with van der Waals surface area (Å²) in [5.41, 5.74) is 4.99. The van der Waals surface area contributed by atoms with Crippen LogP contribution in [0.2, 0.25) is 0 Å². The summed E-state index contributed by atoms with van der Waals surface area (Å²) >= 11 is 0. The molecule has 0 amide bonds. The van der Waals surface area contributed by atoms with E-state index in [1.54, 1.807) is 0 Å². The molecular weight excluding hydrogens is 220 g/mol. The molecule has 0 aliphatic heterocycles. The van der Waals surface area contributed by atoms with E-state index in [-0.39, 0.29) is 6.04 Å². The van der Waals surface area contributed by atoms with Gasteiger partial charge >= 0.3 is 0 Å². The summed E-state index contributed by atoms with van der Waals surface area (Å²) < 4.78 is 0. The highest BCUT2D eigenvalue weighted by Crippen LogP contribution is 2.24. The van der Waals surface area contributed by atoms with Crippen LogP contribution in [0.25, 0.3) is 0 Å². The number of benzene rings is 1. The van der Waals surface area contributed by atoms with Crippen LogP contribution < -0.4 is 5.32 Å². The standard InChI is InChI=1S/C16H20N2/c1-4-13-7-5-6-8-15(13)16(17-3)14-10-9-12(2)18-11-14/h5-11,16-17H,4H2,1-3H3. The zero-order valence-corrected chi connectivity index (χ0v) is 11.3. The Hall–Kier alpha value is -1.67. The molecule has 0 saturated heterocycles. The Morgan fingerprint density at radius 1 is 1.17 bits per heavy atom. The smallest absolute Gasteiger partial charge is 0.0592 e. The first kappa shape index (κ1) is 12.8. The van der Waals surface area contributed by atoms with Crippen LogP contribution in [-0.4, -0.2) is 12.0 Å². The number of rotatable bonds is 4. The Morgan fingerprint density at radius 3 is 2.56 bits per heavy atom. The molecule has 1 aromatic carbocycles. The van der Waals surface area contributed by atoms with Crippen molar-refractivity contribution in [3.63, 3.8) is 0 Å². The molecule has 0 bridgehead atoms. The first-order valence-corrected chi connectivity index (χ1v) is 6.44. The van der Waals surface area contributed by atoms with Crippen LogP contribution >= 0.6 is 0 Å². The van der Waals surface area contributed by atoms with Crippen molar-refractivity contribution in [1.82, 2.24) is 10.3 Å². The molecular formula is C16H20N2. The number of hydrogen-bond acceptors (Lipinski definition) is 2. The zero-order valence-electron chi connectivity index (χ0n) is 11.3. The largest absolute Gasteiger partial charge is 0.309 e. The Labute approximate surface area is 109 Å². The second-order valence-corrected chi connectivity index (χ2v) is 4.51. The number of pyridine rings is 1. The number of hydrogen-bond donors (Lipinski definition) is 1. The van der Waals surface area contributed by atoms with E-state index in [1.807, 2.05) is 20.2 Å². The van der Waals surface area contributed by atoms with Crippen molar-refractivity contribution in [3.8, 4) is 0 Å². The lowest BCUT2D eigenvalue weighted by atomic mass is 9.94. The van der Waals surface area contributed by atoms with Gasteiger partial charge in [-0.15, -0.1) is 0 Å². The quantitative estimate of drug-likeness (QED) is 0.887. The van der Waals surface area contributed by atoms with Gasteiger partial charge in [-0.2, -0.15) is 0 Å². The second kappa shape index (κ2) is 5.78. The molecule has 1 aromatic heterocycles. The summed E-state index contributed by atoms with van der Waals surface area (Å²) in [7, 11) is 2.00. The maximum absolute atomic E-state index is 4.39. The maximum atomic E-state index is 4.39. The minimum Gasteiger partial charge on any atom is -0.309 e. The molecule has 2 aromatic rings. The van der Waals surface area contributed by atoms with Gasteiger partial charge in [0.15, 0.2) is 0 Å². The molecule has 0 saturated carbocycles. The summed E-state index contributed by atoms with van der Waals surface area (Å²) in [5.74, 6) is 0. The fraction of sp³-hybridized carbons (Fsp3) is 0.312. The van der Waals surface area contributed by atoms with Gasteiger partial charge in [0.1, 0.15) is 0 Å². The van der Waals surface area contributed by atoms with Crippen LogP contribution in [0.1, 0.15) is 35.3 Å². The topological polar surface area (TPSA) is 24.9 Å². The SMILES string of the molecule is CCc1ccccc1C(NC)c1ccc(C)nc1. The van der Waals surface area contributed by atoms with E-state index in [2.05, 4.69) is 53.6 Å². The van der Waals surface area contributed by atoms with Crippen molar-refractivity contribution in [2.24, 2.45) is 0 Å². The van der Waals surface area contributed by atoms with Gasteiger partial charge in [-0.25, -0.2) is 0 Å². The summed E-state index contributed by atoms with van der Waals surface area (Å²) in [6.45, 7) is 4.21. The second-order valence-electron chi connectivity index (χ2n) is 4.51. The molecule has 1 atom stereocenters. The van der Waals surface area contributed by atoms with E-state index in [0.29, 0.717) is 0 Å². The zero-order chi connectivity index (χ0) is 13.0. The number of nitrogens with zero attached hydrogens (tertiary/aromatic N) is 1. The number of nitrogens with one attached hydrogen (secondary N) is 1. The van der Waals surface area contributed by atoms with E-state index >= 15 is 0 Å². The lowest BCUT2D eigenvalue weighted by molar-refractivity contribution is 0.680. The van der Waals surface area contributed by atoms with Gasteiger partial charge in [0.25, 0.3) is 0 Å². The van der Waals surface area contributed by atoms with Crippen LogP contribution in [0.5, 0.6) is 0 Å². The molecule has 1 heterocycles. The first-order valence-electron chi connectivity index (χ1n) is 6.44. The summed E-state index contributed by atoms with van der Waals surface area (Å²) in [6, 6.07) is 13.0. The Morgan fingerprint density at radius 2 is 1.94 bits per heavy atom. The average molecular weight is 240 g/mol. The van der Waals surface area contributed by atoms with Gasteiger partial charge in [0.2, 0.25) is 0 Å². The summed E-state index contributed by atoms with van der Waals surface area (Å²) in [6.07, 6.45) is 3.01. The van der Waals surface area contributed by atoms with Crippen molar-refractivity contribution in [2.75, 3.05) is 7.05 Å². The van der Waals surface area contributed by atoms with Gasteiger partial charge in [-0.1, -0.05) is 37.3 Å². The highest BCUT2D eigenvalue weighted by molar-refractivity contribution is 5.36. The van der Waals surface area contributed by atoms with Crippen LogP contribution in [0.3, 0.4) is 0 Å². The molecule has 0 radical (unpaired) electrons. The lowest BCUT2D eigenvalue weighted by Crippen LogP contribution is -2.19. The highest BCUT2D eigenvalue weighted by atomic mass is 14.9. The molecule has 1 N–H and O–H groups in total. The predicted molar refractivity (Wildman–Crippen MR) is 75.7 cm³/mol. The van der Waals surface area contributed by atoms with E-state index in [0.717, 1.165) is 12.1 Å². The van der Waals surface area contributed by atoms with Gasteiger partial charge < -0.3 is 5.32 Å². The average Bonchev–Trinajstić information content (AvgIpc) is 2.42. The Bertz CT molecular complexity index is 503. The third-order valence-electron chi connectivity index (χ3n) is 3.30. The molecule has 0 aliphatic rings. The van der Waals surface area contributed by atoms with E-state index in [9.17, 15) is 0 Å². The minimum absolute atomic E-state index is 0.217. The van der Waals surface area contributed by atoms with Crippen LogP contribution in [-0.2, 0) is 6.42 Å². The van der Waals surface area contributed by atoms with Crippen molar-refractivity contribution in [3.05, 3.63) is 65.0 Å². The molecule has 0 spiro atoms. The van der Waals surface area contributed by atoms with E-state index in [1.165, 1.54) is 16.7 Å². The van der Waals surface area contributed by atoms with E-state index in [4.69, 9.17) is 0 Å². The monoisotopic (exact) mass is 240 g/mol. The fourth-order valence-corrected chi connectivity index (χ4v) is 2.29. The van der Waals surface area contributed by atoms with Crippen LogP contribution in [0.15, 0.2) is 42.6 Å². The van der Waals surface area contributed by atoms with Gasteiger partial charge in [0, 0.05) is 11.9 Å². The van der Waals surface area contributed by atoms with Gasteiger partial charge in [0.05, 0.1) is 6.04 Å². The van der Waals surface area contributed by atoms with Crippen molar-refractivity contribution in [1.29, 1.82) is 0 Å². The maximum Gasteiger partial charge on any atom is 0.0592 e. The van der Waals surface area contributed by atoms with Crippen molar-refractivity contribution in [2.45, 2.75) is 26.3 Å². The predicted octanol–water partition coefficient (Wildman–Crippen LogP) is 3.26. The molecule has 0 fully saturated rings. The molecule has 2 rings (SSSR count). The molecule has 2 nitrogen and oxygen atoms in total. The van der Waals surface area contributed by atoms with Gasteiger partial charge in [-0.3, -0.25) is 4.98 Å². The normalized spacial score (nSPS) is 12.4. The number of aromatic nitrogens is 1. The highest BCUT2D eigenvalue weighted by Gasteiger charge is 2.14. The Kier molecular flexibility index (Phi) is 4.11. The molecule has 2 heteroatoms. The third kappa shape index (κ3) is 2.59. The third-order valence-corrected chi connectivity index (χ3v) is 3.30. The van der Waals surface area contributed by atoms with Crippen molar-refractivity contribution >= 4 is 0 Å². The molecule has 18 heavy (non-hydrogen) atoms.